The standard InChI is InChI=1S/C16H21NO2/c1-2-13-8-16(13)9-14(11-18)17(15(16)19)10-12-6-4-3-5-7-12/h3-7,13-14,18H,2,8-11H2,1H3/t13-,14?,16?/m1/s1. The SMILES string of the molecule is CC[C@@H]1CC12CC(CO)N(Cc1ccccc1)C2=O. The summed E-state index contributed by atoms with van der Waals surface area (Å²) in [4.78, 5) is 14.5. The Balaban J connectivity index is 1.79. The Morgan fingerprint density at radius 1 is 1.32 bits per heavy atom. The average molecular weight is 259 g/mol. The fourth-order valence-electron chi connectivity index (χ4n) is 3.64. The van der Waals surface area contributed by atoms with Gasteiger partial charge in [-0.05, 0) is 24.3 Å². The van der Waals surface area contributed by atoms with Gasteiger partial charge in [0.15, 0.2) is 0 Å². The Morgan fingerprint density at radius 2 is 2.05 bits per heavy atom. The van der Waals surface area contributed by atoms with Crippen LogP contribution in [-0.2, 0) is 11.3 Å². The summed E-state index contributed by atoms with van der Waals surface area (Å²) in [5.41, 5.74) is 1.01. The smallest absolute Gasteiger partial charge is 0.229 e. The highest BCUT2D eigenvalue weighted by Crippen LogP contribution is 2.62. The second-order valence-corrected chi connectivity index (χ2v) is 5.92. The molecule has 1 N–H and O–H groups in total. The topological polar surface area (TPSA) is 40.5 Å². The number of carbonyl (C=O) groups excluding carboxylic acids is 1. The number of likely N-dealkylation sites (tertiary alicyclic amines) is 1. The molecule has 2 unspecified atom stereocenters. The molecule has 3 heteroatoms. The van der Waals surface area contributed by atoms with Crippen molar-refractivity contribution in [1.29, 1.82) is 0 Å². The Labute approximate surface area is 114 Å². The fraction of sp³-hybridized carbons (Fsp3) is 0.562. The maximum absolute atomic E-state index is 12.6. The maximum atomic E-state index is 12.6. The van der Waals surface area contributed by atoms with Crippen LogP contribution in [0.25, 0.3) is 0 Å². The van der Waals surface area contributed by atoms with E-state index in [-0.39, 0.29) is 24.0 Å². The molecule has 1 amide bonds. The molecule has 102 valence electrons. The monoisotopic (exact) mass is 259 g/mol. The maximum Gasteiger partial charge on any atom is 0.229 e. The third-order valence-electron chi connectivity index (χ3n) is 4.86. The van der Waals surface area contributed by atoms with E-state index in [1.54, 1.807) is 0 Å². The van der Waals surface area contributed by atoms with Gasteiger partial charge in [0, 0.05) is 6.54 Å². The minimum Gasteiger partial charge on any atom is -0.394 e. The molecule has 1 aliphatic heterocycles. The number of aliphatic hydroxyl groups is 1. The van der Waals surface area contributed by atoms with Gasteiger partial charge in [0.1, 0.15) is 0 Å². The van der Waals surface area contributed by atoms with Gasteiger partial charge in [-0.25, -0.2) is 0 Å². The number of hydrogen-bond donors (Lipinski definition) is 1. The molecule has 1 aromatic rings. The van der Waals surface area contributed by atoms with E-state index in [9.17, 15) is 9.90 Å². The zero-order chi connectivity index (χ0) is 13.5. The Bertz CT molecular complexity index is 473. The highest BCUT2D eigenvalue weighted by atomic mass is 16.3. The lowest BCUT2D eigenvalue weighted by atomic mass is 9.98. The van der Waals surface area contributed by atoms with E-state index in [0.717, 1.165) is 24.8 Å². The number of hydrogen-bond acceptors (Lipinski definition) is 2. The molecule has 1 saturated heterocycles. The van der Waals surface area contributed by atoms with E-state index in [1.165, 1.54) is 0 Å². The van der Waals surface area contributed by atoms with E-state index in [1.807, 2.05) is 35.2 Å². The zero-order valence-electron chi connectivity index (χ0n) is 11.4. The first-order valence-electron chi connectivity index (χ1n) is 7.17. The summed E-state index contributed by atoms with van der Waals surface area (Å²) in [6.45, 7) is 2.86. The van der Waals surface area contributed by atoms with Crippen LogP contribution in [0.5, 0.6) is 0 Å². The van der Waals surface area contributed by atoms with Crippen molar-refractivity contribution in [2.24, 2.45) is 11.3 Å². The minimum absolute atomic E-state index is 0.00394. The highest BCUT2D eigenvalue weighted by molar-refractivity contribution is 5.88. The van der Waals surface area contributed by atoms with Gasteiger partial charge >= 0.3 is 0 Å². The molecule has 2 fully saturated rings. The average Bonchev–Trinajstić information content (AvgIpc) is 3.11. The molecule has 19 heavy (non-hydrogen) atoms. The molecule has 3 rings (SSSR count). The molecular formula is C16H21NO2. The highest BCUT2D eigenvalue weighted by Gasteiger charge is 2.65. The molecule has 0 bridgehead atoms. The number of amides is 1. The summed E-state index contributed by atoms with van der Waals surface area (Å²) in [6, 6.07) is 10.0. The summed E-state index contributed by atoms with van der Waals surface area (Å²) >= 11 is 0. The van der Waals surface area contributed by atoms with E-state index in [4.69, 9.17) is 0 Å². The van der Waals surface area contributed by atoms with E-state index >= 15 is 0 Å². The van der Waals surface area contributed by atoms with Crippen molar-refractivity contribution in [2.45, 2.75) is 38.8 Å². The van der Waals surface area contributed by atoms with Gasteiger partial charge in [-0.1, -0.05) is 43.7 Å². The third-order valence-corrected chi connectivity index (χ3v) is 4.86. The van der Waals surface area contributed by atoms with Crippen molar-refractivity contribution >= 4 is 5.91 Å². The number of benzene rings is 1. The molecule has 3 nitrogen and oxygen atoms in total. The van der Waals surface area contributed by atoms with Crippen LogP contribution in [0.3, 0.4) is 0 Å². The predicted molar refractivity (Wildman–Crippen MR) is 73.3 cm³/mol. The third kappa shape index (κ3) is 1.96. The Kier molecular flexibility index (Phi) is 3.09. The van der Waals surface area contributed by atoms with Crippen molar-refractivity contribution in [1.82, 2.24) is 4.90 Å². The van der Waals surface area contributed by atoms with Crippen LogP contribution in [-0.4, -0.2) is 28.6 Å². The first-order valence-corrected chi connectivity index (χ1v) is 7.17. The van der Waals surface area contributed by atoms with Crippen molar-refractivity contribution in [3.63, 3.8) is 0 Å². The summed E-state index contributed by atoms with van der Waals surface area (Å²) in [6.07, 6.45) is 2.93. The summed E-state index contributed by atoms with van der Waals surface area (Å²) < 4.78 is 0. The molecule has 2 aliphatic rings. The molecular weight excluding hydrogens is 238 g/mol. The van der Waals surface area contributed by atoms with Crippen LogP contribution in [0.15, 0.2) is 30.3 Å². The van der Waals surface area contributed by atoms with Crippen molar-refractivity contribution in [2.75, 3.05) is 6.61 Å². The molecule has 0 aromatic heterocycles. The van der Waals surface area contributed by atoms with Gasteiger partial charge in [-0.2, -0.15) is 0 Å². The molecule has 1 saturated carbocycles. The molecule has 1 aromatic carbocycles. The number of rotatable bonds is 4. The molecule has 1 spiro atoms. The molecule has 1 heterocycles. The fourth-order valence-corrected chi connectivity index (χ4v) is 3.64. The van der Waals surface area contributed by atoms with Gasteiger partial charge in [0.25, 0.3) is 0 Å². The van der Waals surface area contributed by atoms with Crippen molar-refractivity contribution in [3.05, 3.63) is 35.9 Å². The summed E-state index contributed by atoms with van der Waals surface area (Å²) in [5.74, 6) is 0.803. The Morgan fingerprint density at radius 3 is 2.63 bits per heavy atom. The van der Waals surface area contributed by atoms with Crippen LogP contribution < -0.4 is 0 Å². The zero-order valence-corrected chi connectivity index (χ0v) is 11.4. The van der Waals surface area contributed by atoms with Crippen LogP contribution in [0, 0.1) is 11.3 Å². The summed E-state index contributed by atoms with van der Waals surface area (Å²) in [5, 5.41) is 9.56. The second-order valence-electron chi connectivity index (χ2n) is 5.92. The Hall–Kier alpha value is -1.35. The second kappa shape index (κ2) is 4.64. The van der Waals surface area contributed by atoms with Crippen molar-refractivity contribution in [3.8, 4) is 0 Å². The normalized spacial score (nSPS) is 33.2. The van der Waals surface area contributed by atoms with E-state index < -0.39 is 0 Å². The van der Waals surface area contributed by atoms with Gasteiger partial charge in [0.2, 0.25) is 5.91 Å². The summed E-state index contributed by atoms with van der Waals surface area (Å²) in [7, 11) is 0. The van der Waals surface area contributed by atoms with Gasteiger partial charge in [-0.15, -0.1) is 0 Å². The number of carbonyl (C=O) groups is 1. The first-order chi connectivity index (χ1) is 9.21. The van der Waals surface area contributed by atoms with Gasteiger partial charge < -0.3 is 10.0 Å². The number of nitrogens with zero attached hydrogens (tertiary/aromatic N) is 1. The largest absolute Gasteiger partial charge is 0.394 e. The van der Waals surface area contributed by atoms with Crippen LogP contribution in [0.2, 0.25) is 0 Å². The van der Waals surface area contributed by atoms with Gasteiger partial charge in [-0.3, -0.25) is 4.79 Å². The lowest BCUT2D eigenvalue weighted by Crippen LogP contribution is -2.35. The lowest BCUT2D eigenvalue weighted by molar-refractivity contribution is -0.134. The predicted octanol–water partition coefficient (Wildman–Crippen LogP) is 2.20. The minimum atomic E-state index is -0.128. The van der Waals surface area contributed by atoms with Gasteiger partial charge in [0.05, 0.1) is 18.1 Å². The first kappa shape index (κ1) is 12.7. The lowest BCUT2D eigenvalue weighted by Gasteiger charge is -2.23. The molecule has 0 radical (unpaired) electrons. The van der Waals surface area contributed by atoms with Crippen LogP contribution in [0.4, 0.5) is 0 Å². The quantitative estimate of drug-likeness (QED) is 0.900. The van der Waals surface area contributed by atoms with Crippen molar-refractivity contribution < 1.29 is 9.90 Å². The van der Waals surface area contributed by atoms with E-state index in [2.05, 4.69) is 6.92 Å². The van der Waals surface area contributed by atoms with Crippen LogP contribution >= 0.6 is 0 Å². The van der Waals surface area contributed by atoms with Crippen LogP contribution in [0.1, 0.15) is 31.7 Å². The van der Waals surface area contributed by atoms with E-state index in [0.29, 0.717) is 12.5 Å². The molecule has 3 atom stereocenters. The molecule has 1 aliphatic carbocycles. The number of aliphatic hydroxyl groups excluding tert-OH is 1.